The second-order valence-electron chi connectivity index (χ2n) is 5.78. The van der Waals surface area contributed by atoms with Crippen molar-refractivity contribution >= 4 is 11.7 Å². The topological polar surface area (TPSA) is 89.7 Å². The third-order valence-electron chi connectivity index (χ3n) is 3.85. The number of nitro benzene ring substituents is 1. The predicted octanol–water partition coefficient (Wildman–Crippen LogP) is 3.59. The molecule has 0 fully saturated rings. The van der Waals surface area contributed by atoms with E-state index in [1.807, 2.05) is 26.8 Å². The summed E-state index contributed by atoms with van der Waals surface area (Å²) in [5.41, 5.74) is 3.35. The van der Waals surface area contributed by atoms with E-state index in [1.54, 1.807) is 12.1 Å². The summed E-state index contributed by atoms with van der Waals surface area (Å²) in [5.74, 6) is -0.592. The molecule has 0 saturated carbocycles. The van der Waals surface area contributed by atoms with Crippen LogP contribution in [0.4, 0.5) is 5.69 Å². The molecule has 0 saturated heterocycles. The van der Waals surface area contributed by atoms with Gasteiger partial charge in [0.05, 0.1) is 4.92 Å². The zero-order chi connectivity index (χ0) is 17.9. The highest BCUT2D eigenvalue weighted by Gasteiger charge is 2.22. The Labute approximate surface area is 139 Å². The number of rotatable bonds is 6. The zero-order valence-electron chi connectivity index (χ0n) is 13.8. The van der Waals surface area contributed by atoms with E-state index in [0.29, 0.717) is 11.3 Å². The van der Waals surface area contributed by atoms with Gasteiger partial charge in [-0.15, -0.1) is 0 Å². The van der Waals surface area contributed by atoms with Gasteiger partial charge in [0.25, 0.3) is 5.69 Å². The fraction of sp³-hybridized carbons (Fsp3) is 0.278. The normalized spacial score (nSPS) is 11.8. The molecule has 0 bridgehead atoms. The Hall–Kier alpha value is -2.89. The summed E-state index contributed by atoms with van der Waals surface area (Å²) in [5, 5.41) is 20.3. The van der Waals surface area contributed by atoms with Crippen molar-refractivity contribution in [3.8, 4) is 5.75 Å². The number of hydrogen-bond donors (Lipinski definition) is 1. The fourth-order valence-corrected chi connectivity index (χ4v) is 2.47. The van der Waals surface area contributed by atoms with Crippen molar-refractivity contribution in [1.82, 2.24) is 0 Å². The molecule has 2 aromatic rings. The quantitative estimate of drug-likeness (QED) is 0.646. The van der Waals surface area contributed by atoms with Crippen LogP contribution in [0.25, 0.3) is 0 Å². The number of carboxylic acid groups (broad SMARTS) is 1. The molecule has 0 aliphatic heterocycles. The van der Waals surface area contributed by atoms with E-state index >= 15 is 0 Å². The van der Waals surface area contributed by atoms with Crippen LogP contribution in [0, 0.1) is 30.9 Å². The van der Waals surface area contributed by atoms with E-state index in [2.05, 4.69) is 0 Å². The van der Waals surface area contributed by atoms with E-state index < -0.39 is 17.0 Å². The molecule has 0 heterocycles. The average molecular weight is 329 g/mol. The molecular formula is C18H19NO5. The predicted molar refractivity (Wildman–Crippen MR) is 89.5 cm³/mol. The standard InChI is InChI=1S/C18H19NO5/c1-11-7-12(2)13(3)16(8-11)24-17(18(20)21)10-14-5-4-6-15(9-14)19(22)23/h4-9,17H,10H2,1-3H3,(H,20,21)/t17-/m0/s1. The van der Waals surface area contributed by atoms with Crippen LogP contribution in [-0.2, 0) is 11.2 Å². The van der Waals surface area contributed by atoms with Gasteiger partial charge in [-0.1, -0.05) is 18.2 Å². The third kappa shape index (κ3) is 4.10. The van der Waals surface area contributed by atoms with Crippen LogP contribution in [0.2, 0.25) is 0 Å². The Morgan fingerprint density at radius 1 is 1.25 bits per heavy atom. The van der Waals surface area contributed by atoms with Crippen molar-refractivity contribution in [1.29, 1.82) is 0 Å². The van der Waals surface area contributed by atoms with Gasteiger partial charge in [-0.05, 0) is 49.1 Å². The summed E-state index contributed by atoms with van der Waals surface area (Å²) in [4.78, 5) is 21.9. The highest BCUT2D eigenvalue weighted by Crippen LogP contribution is 2.25. The Morgan fingerprint density at radius 2 is 1.96 bits per heavy atom. The summed E-state index contributed by atoms with van der Waals surface area (Å²) >= 11 is 0. The minimum Gasteiger partial charge on any atom is -0.478 e. The van der Waals surface area contributed by atoms with Gasteiger partial charge in [-0.3, -0.25) is 10.1 Å². The van der Waals surface area contributed by atoms with Gasteiger partial charge in [0, 0.05) is 18.6 Å². The molecule has 2 rings (SSSR count). The number of nitro groups is 1. The third-order valence-corrected chi connectivity index (χ3v) is 3.85. The first-order chi connectivity index (χ1) is 11.3. The van der Waals surface area contributed by atoms with Crippen LogP contribution in [0.5, 0.6) is 5.75 Å². The average Bonchev–Trinajstić information content (AvgIpc) is 2.51. The number of non-ortho nitro benzene ring substituents is 1. The van der Waals surface area contributed by atoms with E-state index in [1.165, 1.54) is 18.2 Å². The number of benzene rings is 2. The lowest BCUT2D eigenvalue weighted by molar-refractivity contribution is -0.384. The van der Waals surface area contributed by atoms with Crippen LogP contribution in [0.1, 0.15) is 22.3 Å². The van der Waals surface area contributed by atoms with E-state index in [-0.39, 0.29) is 12.1 Å². The fourth-order valence-electron chi connectivity index (χ4n) is 2.47. The Morgan fingerprint density at radius 3 is 2.58 bits per heavy atom. The second kappa shape index (κ2) is 7.12. The smallest absolute Gasteiger partial charge is 0.345 e. The van der Waals surface area contributed by atoms with E-state index in [0.717, 1.165) is 16.7 Å². The summed E-state index contributed by atoms with van der Waals surface area (Å²) in [6.07, 6.45) is -1.07. The van der Waals surface area contributed by atoms with E-state index in [9.17, 15) is 20.0 Å². The van der Waals surface area contributed by atoms with Gasteiger partial charge in [-0.2, -0.15) is 0 Å². The minimum absolute atomic E-state index is 0.0451. The molecular weight excluding hydrogens is 310 g/mol. The lowest BCUT2D eigenvalue weighted by Gasteiger charge is -2.18. The molecule has 2 aromatic carbocycles. The number of nitrogens with zero attached hydrogens (tertiary/aromatic N) is 1. The molecule has 0 amide bonds. The molecule has 0 spiro atoms. The zero-order valence-corrected chi connectivity index (χ0v) is 13.8. The first-order valence-corrected chi connectivity index (χ1v) is 7.48. The van der Waals surface area contributed by atoms with Crippen molar-refractivity contribution in [3.05, 3.63) is 68.8 Å². The largest absolute Gasteiger partial charge is 0.478 e. The second-order valence-corrected chi connectivity index (χ2v) is 5.78. The highest BCUT2D eigenvalue weighted by molar-refractivity contribution is 5.73. The lowest BCUT2D eigenvalue weighted by Crippen LogP contribution is -2.29. The Bertz CT molecular complexity index is 785. The van der Waals surface area contributed by atoms with Crippen molar-refractivity contribution < 1.29 is 19.6 Å². The van der Waals surface area contributed by atoms with E-state index in [4.69, 9.17) is 4.74 Å². The maximum Gasteiger partial charge on any atom is 0.345 e. The van der Waals surface area contributed by atoms with Gasteiger partial charge in [0.1, 0.15) is 5.75 Å². The van der Waals surface area contributed by atoms with Gasteiger partial charge in [-0.25, -0.2) is 4.79 Å². The van der Waals surface area contributed by atoms with Crippen molar-refractivity contribution in [2.75, 3.05) is 0 Å². The van der Waals surface area contributed by atoms with Gasteiger partial charge < -0.3 is 9.84 Å². The number of aliphatic carboxylic acids is 1. The maximum absolute atomic E-state index is 11.5. The van der Waals surface area contributed by atoms with Gasteiger partial charge in [0.15, 0.2) is 6.10 Å². The van der Waals surface area contributed by atoms with Gasteiger partial charge in [0.2, 0.25) is 0 Å². The summed E-state index contributed by atoms with van der Waals surface area (Å²) in [6.45, 7) is 5.72. The Balaban J connectivity index is 2.27. The molecule has 24 heavy (non-hydrogen) atoms. The number of carbonyl (C=O) groups is 1. The monoisotopic (exact) mass is 329 g/mol. The number of ether oxygens (including phenoxy) is 1. The molecule has 0 aliphatic rings. The molecule has 1 N–H and O–H groups in total. The maximum atomic E-state index is 11.5. The van der Waals surface area contributed by atoms with Crippen molar-refractivity contribution in [3.63, 3.8) is 0 Å². The number of carboxylic acids is 1. The van der Waals surface area contributed by atoms with Crippen LogP contribution < -0.4 is 4.74 Å². The lowest BCUT2D eigenvalue weighted by atomic mass is 10.0. The molecule has 126 valence electrons. The Kier molecular flexibility index (Phi) is 5.18. The molecule has 0 radical (unpaired) electrons. The first kappa shape index (κ1) is 17.5. The summed E-state index contributed by atoms with van der Waals surface area (Å²) < 4.78 is 5.70. The molecule has 0 unspecified atom stereocenters. The number of hydrogen-bond acceptors (Lipinski definition) is 4. The van der Waals surface area contributed by atoms with Crippen LogP contribution in [0.15, 0.2) is 36.4 Å². The molecule has 6 nitrogen and oxygen atoms in total. The summed E-state index contributed by atoms with van der Waals surface area (Å²) in [7, 11) is 0. The highest BCUT2D eigenvalue weighted by atomic mass is 16.6. The van der Waals surface area contributed by atoms with Crippen LogP contribution >= 0.6 is 0 Å². The van der Waals surface area contributed by atoms with Crippen molar-refractivity contribution in [2.24, 2.45) is 0 Å². The van der Waals surface area contributed by atoms with Gasteiger partial charge >= 0.3 is 5.97 Å². The van der Waals surface area contributed by atoms with Crippen LogP contribution in [0.3, 0.4) is 0 Å². The molecule has 0 aromatic heterocycles. The first-order valence-electron chi connectivity index (χ1n) is 7.48. The SMILES string of the molecule is Cc1cc(C)c(C)c(O[C@@H](Cc2cccc([N+](=O)[O-])c2)C(=O)O)c1. The van der Waals surface area contributed by atoms with Crippen molar-refractivity contribution in [2.45, 2.75) is 33.3 Å². The molecule has 1 atom stereocenters. The molecule has 6 heteroatoms. The summed E-state index contributed by atoms with van der Waals surface area (Å²) in [6, 6.07) is 9.72. The van der Waals surface area contributed by atoms with Crippen LogP contribution in [-0.4, -0.2) is 22.1 Å². The minimum atomic E-state index is -1.12. The number of aryl methyl sites for hydroxylation is 2. The molecule has 0 aliphatic carbocycles.